The predicted octanol–water partition coefficient (Wildman–Crippen LogP) is 2.06. The molecule has 78 valence electrons. The molecular formula is C11H11NO3. The van der Waals surface area contributed by atoms with E-state index in [1.807, 2.05) is 18.3 Å². The number of aryl methyl sites for hydroxylation is 1. The summed E-state index contributed by atoms with van der Waals surface area (Å²) < 4.78 is 9.45. The highest BCUT2D eigenvalue weighted by atomic mass is 16.7. The quantitative estimate of drug-likeness (QED) is 0.709. The maximum Gasteiger partial charge on any atom is 0.513 e. The number of rotatable bonds is 3. The van der Waals surface area contributed by atoms with E-state index >= 15 is 0 Å². The van der Waals surface area contributed by atoms with Crippen LogP contribution in [-0.2, 0) is 15.9 Å². The van der Waals surface area contributed by atoms with Crippen molar-refractivity contribution in [3.05, 3.63) is 42.4 Å². The Bertz CT molecular complexity index is 361. The average molecular weight is 205 g/mol. The summed E-state index contributed by atoms with van der Waals surface area (Å²) in [6.45, 7) is 0. The normalized spacial score (nSPS) is 19.5. The number of nitrogens with zero attached hydrogens (tertiary/aromatic N) is 1. The highest BCUT2D eigenvalue weighted by Crippen LogP contribution is 2.11. The number of hydrogen-bond acceptors (Lipinski definition) is 4. The van der Waals surface area contributed by atoms with Gasteiger partial charge < -0.3 is 9.47 Å². The summed E-state index contributed by atoms with van der Waals surface area (Å²) in [5, 5.41) is 0. The number of cyclic esters (lactones) is 2. The monoisotopic (exact) mass is 205 g/mol. The van der Waals surface area contributed by atoms with Gasteiger partial charge in [0.2, 0.25) is 0 Å². The Hall–Kier alpha value is -1.84. The van der Waals surface area contributed by atoms with Crippen molar-refractivity contribution in [2.24, 2.45) is 0 Å². The van der Waals surface area contributed by atoms with E-state index in [0.29, 0.717) is 0 Å². The molecule has 4 heteroatoms. The largest absolute Gasteiger partial charge is 0.513 e. The Balaban J connectivity index is 1.86. The summed E-state index contributed by atoms with van der Waals surface area (Å²) in [6, 6.07) is 3.89. The van der Waals surface area contributed by atoms with Gasteiger partial charge in [0, 0.05) is 12.4 Å². The summed E-state index contributed by atoms with van der Waals surface area (Å²) in [5.41, 5.74) is 1.13. The highest BCUT2D eigenvalue weighted by Gasteiger charge is 2.16. The summed E-state index contributed by atoms with van der Waals surface area (Å²) in [4.78, 5) is 14.8. The molecule has 1 unspecified atom stereocenters. The first kappa shape index (κ1) is 9.71. The first-order valence-corrected chi connectivity index (χ1v) is 4.77. The van der Waals surface area contributed by atoms with Crippen molar-refractivity contribution in [1.82, 2.24) is 4.98 Å². The van der Waals surface area contributed by atoms with Crippen LogP contribution < -0.4 is 0 Å². The highest BCUT2D eigenvalue weighted by molar-refractivity contribution is 5.62. The molecule has 1 aromatic heterocycles. The van der Waals surface area contributed by atoms with Gasteiger partial charge in [0.15, 0.2) is 0 Å². The van der Waals surface area contributed by atoms with Crippen molar-refractivity contribution in [2.75, 3.05) is 0 Å². The van der Waals surface area contributed by atoms with Crippen molar-refractivity contribution < 1.29 is 14.3 Å². The summed E-state index contributed by atoms with van der Waals surface area (Å²) in [7, 11) is 0. The second kappa shape index (κ2) is 4.59. The summed E-state index contributed by atoms with van der Waals surface area (Å²) >= 11 is 0. The zero-order valence-electron chi connectivity index (χ0n) is 8.13. The molecule has 2 rings (SSSR count). The van der Waals surface area contributed by atoms with Gasteiger partial charge in [-0.2, -0.15) is 0 Å². The lowest BCUT2D eigenvalue weighted by atomic mass is 10.1. The van der Waals surface area contributed by atoms with E-state index in [9.17, 15) is 4.79 Å². The zero-order valence-corrected chi connectivity index (χ0v) is 8.13. The minimum absolute atomic E-state index is 0.188. The van der Waals surface area contributed by atoms with E-state index in [4.69, 9.17) is 4.74 Å². The number of carbonyl (C=O) groups is 1. The van der Waals surface area contributed by atoms with Crippen molar-refractivity contribution >= 4 is 6.16 Å². The smallest absolute Gasteiger partial charge is 0.426 e. The van der Waals surface area contributed by atoms with Crippen molar-refractivity contribution in [2.45, 2.75) is 18.9 Å². The van der Waals surface area contributed by atoms with Gasteiger partial charge in [0.1, 0.15) is 6.10 Å². The zero-order chi connectivity index (χ0) is 10.5. The number of hydrogen-bond donors (Lipinski definition) is 0. The van der Waals surface area contributed by atoms with E-state index in [1.54, 1.807) is 12.3 Å². The molecule has 2 heterocycles. The minimum Gasteiger partial charge on any atom is -0.426 e. The molecule has 0 saturated heterocycles. The molecular weight excluding hydrogens is 194 g/mol. The number of ether oxygens (including phenoxy) is 2. The fourth-order valence-corrected chi connectivity index (χ4v) is 1.38. The Morgan fingerprint density at radius 2 is 2.40 bits per heavy atom. The number of aromatic nitrogens is 1. The molecule has 0 spiro atoms. The minimum atomic E-state index is -0.631. The van der Waals surface area contributed by atoms with Gasteiger partial charge in [-0.25, -0.2) is 4.79 Å². The van der Waals surface area contributed by atoms with Crippen LogP contribution >= 0.6 is 0 Å². The molecule has 0 bridgehead atoms. The molecule has 0 saturated carbocycles. The van der Waals surface area contributed by atoms with E-state index < -0.39 is 6.16 Å². The van der Waals surface area contributed by atoms with Gasteiger partial charge in [0.05, 0.1) is 6.26 Å². The topological polar surface area (TPSA) is 48.4 Å². The second-order valence-corrected chi connectivity index (χ2v) is 3.25. The third kappa shape index (κ3) is 2.80. The van der Waals surface area contributed by atoms with Crippen LogP contribution in [0.4, 0.5) is 4.79 Å². The van der Waals surface area contributed by atoms with Crippen LogP contribution in [0, 0.1) is 0 Å². The Morgan fingerprint density at radius 3 is 3.13 bits per heavy atom. The molecule has 0 radical (unpaired) electrons. The molecule has 0 fully saturated rings. The SMILES string of the molecule is O=C1OC=CC(CCc2cccnc2)O1. The van der Waals surface area contributed by atoms with E-state index in [1.165, 1.54) is 6.26 Å². The first-order valence-electron chi connectivity index (χ1n) is 4.77. The predicted molar refractivity (Wildman–Crippen MR) is 53.1 cm³/mol. The maximum absolute atomic E-state index is 10.8. The lowest BCUT2D eigenvalue weighted by molar-refractivity contribution is 0.0466. The van der Waals surface area contributed by atoms with Crippen LogP contribution in [0.1, 0.15) is 12.0 Å². The third-order valence-electron chi connectivity index (χ3n) is 2.15. The summed E-state index contributed by atoms with van der Waals surface area (Å²) in [5.74, 6) is 0. The van der Waals surface area contributed by atoms with Gasteiger partial charge in [-0.3, -0.25) is 4.98 Å². The summed E-state index contributed by atoms with van der Waals surface area (Å²) in [6.07, 6.45) is 7.41. The molecule has 15 heavy (non-hydrogen) atoms. The number of pyridine rings is 1. The molecule has 0 aromatic carbocycles. The Labute approximate surface area is 87.5 Å². The average Bonchev–Trinajstić information content (AvgIpc) is 2.28. The second-order valence-electron chi connectivity index (χ2n) is 3.25. The van der Waals surface area contributed by atoms with Gasteiger partial charge in [0.25, 0.3) is 0 Å². The van der Waals surface area contributed by atoms with E-state index in [0.717, 1.165) is 18.4 Å². The molecule has 0 N–H and O–H groups in total. The lowest BCUT2D eigenvalue weighted by Crippen LogP contribution is -2.20. The fourth-order valence-electron chi connectivity index (χ4n) is 1.38. The molecule has 1 aromatic rings. The van der Waals surface area contributed by atoms with Crippen molar-refractivity contribution in [3.8, 4) is 0 Å². The van der Waals surface area contributed by atoms with Crippen molar-refractivity contribution in [1.29, 1.82) is 0 Å². The maximum atomic E-state index is 10.8. The number of carbonyl (C=O) groups excluding carboxylic acids is 1. The molecule has 4 nitrogen and oxygen atoms in total. The standard InChI is InChI=1S/C11H11NO3/c13-11-14-7-5-10(15-11)4-3-9-2-1-6-12-8-9/h1-2,5-8,10H,3-4H2. The van der Waals surface area contributed by atoms with Gasteiger partial charge >= 0.3 is 6.16 Å². The Morgan fingerprint density at radius 1 is 1.47 bits per heavy atom. The van der Waals surface area contributed by atoms with Gasteiger partial charge in [-0.1, -0.05) is 6.07 Å². The van der Waals surface area contributed by atoms with Gasteiger partial charge in [-0.15, -0.1) is 0 Å². The molecule has 1 aliphatic heterocycles. The van der Waals surface area contributed by atoms with Gasteiger partial charge in [-0.05, 0) is 30.5 Å². The van der Waals surface area contributed by atoms with E-state index in [2.05, 4.69) is 9.72 Å². The first-order chi connectivity index (χ1) is 7.34. The van der Waals surface area contributed by atoms with Crippen LogP contribution in [0.2, 0.25) is 0 Å². The van der Waals surface area contributed by atoms with Crippen LogP contribution in [0.3, 0.4) is 0 Å². The molecule has 1 atom stereocenters. The van der Waals surface area contributed by atoms with Crippen LogP contribution in [0.25, 0.3) is 0 Å². The third-order valence-corrected chi connectivity index (χ3v) is 2.15. The van der Waals surface area contributed by atoms with Crippen LogP contribution in [0.15, 0.2) is 36.9 Å². The van der Waals surface area contributed by atoms with Crippen LogP contribution in [-0.4, -0.2) is 17.2 Å². The Kier molecular flexibility index (Phi) is 2.97. The fraction of sp³-hybridized carbons (Fsp3) is 0.273. The molecule has 0 aliphatic carbocycles. The lowest BCUT2D eigenvalue weighted by Gasteiger charge is -2.16. The van der Waals surface area contributed by atoms with E-state index in [-0.39, 0.29) is 6.10 Å². The van der Waals surface area contributed by atoms with Crippen LogP contribution in [0.5, 0.6) is 0 Å². The molecule has 0 amide bonds. The van der Waals surface area contributed by atoms with Crippen molar-refractivity contribution in [3.63, 3.8) is 0 Å². The molecule has 1 aliphatic rings.